The van der Waals surface area contributed by atoms with Crippen LogP contribution >= 0.6 is 11.3 Å². The molecule has 5 nitrogen and oxygen atoms in total. The minimum atomic E-state index is 0.644. The number of fused-ring (bicyclic) bond motifs is 2. The summed E-state index contributed by atoms with van der Waals surface area (Å²) in [6, 6.07) is 18.2. The van der Waals surface area contributed by atoms with Crippen LogP contribution in [0.2, 0.25) is 0 Å². The van der Waals surface area contributed by atoms with E-state index in [1.165, 1.54) is 5.56 Å². The van der Waals surface area contributed by atoms with Crippen LogP contribution in [-0.4, -0.2) is 19.2 Å². The van der Waals surface area contributed by atoms with Gasteiger partial charge in [0, 0.05) is 17.0 Å². The Kier molecular flexibility index (Phi) is 5.38. The lowest BCUT2D eigenvalue weighted by Gasteiger charge is -2.11. The minimum absolute atomic E-state index is 0.644. The Hall–Kier alpha value is -3.64. The lowest BCUT2D eigenvalue weighted by Crippen LogP contribution is -2.05. The van der Waals surface area contributed by atoms with Crippen molar-refractivity contribution in [3.63, 3.8) is 0 Å². The molecule has 0 bridgehead atoms. The zero-order chi connectivity index (χ0) is 23.1. The van der Waals surface area contributed by atoms with E-state index in [9.17, 15) is 0 Å². The predicted octanol–water partition coefficient (Wildman–Crippen LogP) is 6.88. The van der Waals surface area contributed by atoms with Crippen molar-refractivity contribution >= 4 is 37.7 Å². The van der Waals surface area contributed by atoms with E-state index in [0.717, 1.165) is 48.4 Å². The van der Waals surface area contributed by atoms with Gasteiger partial charge in [-0.3, -0.25) is 0 Å². The fourth-order valence-electron chi connectivity index (χ4n) is 4.07. The average Bonchev–Trinajstić information content (AvgIpc) is 3.19. The Bertz CT molecular complexity index is 1580. The van der Waals surface area contributed by atoms with Crippen LogP contribution in [0.1, 0.15) is 16.7 Å². The molecule has 2 heterocycles. The van der Waals surface area contributed by atoms with Gasteiger partial charge < -0.3 is 13.9 Å². The molecular formula is C27H24N2O3S. The molecule has 0 saturated carbocycles. The first-order valence-corrected chi connectivity index (χ1v) is 11.5. The third-order valence-corrected chi connectivity index (χ3v) is 6.52. The molecule has 0 N–H and O–H groups in total. The van der Waals surface area contributed by atoms with Gasteiger partial charge in [0.25, 0.3) is 0 Å². The molecule has 0 saturated heterocycles. The van der Waals surface area contributed by atoms with E-state index < -0.39 is 0 Å². The van der Waals surface area contributed by atoms with Gasteiger partial charge in [0.15, 0.2) is 11.5 Å². The number of rotatable bonds is 4. The second-order valence-corrected chi connectivity index (χ2v) is 9.11. The Balaban J connectivity index is 1.77. The van der Waals surface area contributed by atoms with E-state index in [-0.39, 0.29) is 0 Å². The quantitative estimate of drug-likeness (QED) is 0.296. The van der Waals surface area contributed by atoms with E-state index in [2.05, 4.69) is 39.0 Å². The van der Waals surface area contributed by atoms with Gasteiger partial charge >= 0.3 is 0 Å². The number of ether oxygens (including phenoxy) is 2. The molecule has 6 heteroatoms. The van der Waals surface area contributed by atoms with Gasteiger partial charge in [-0.2, -0.15) is 0 Å². The topological polar surface area (TPSA) is 56.9 Å². The second-order valence-electron chi connectivity index (χ2n) is 8.10. The average molecular weight is 457 g/mol. The van der Waals surface area contributed by atoms with Crippen LogP contribution in [0.3, 0.4) is 0 Å². The number of thiazole rings is 1. The predicted molar refractivity (Wildman–Crippen MR) is 134 cm³/mol. The Morgan fingerprint density at radius 2 is 1.67 bits per heavy atom. The van der Waals surface area contributed by atoms with Crippen molar-refractivity contribution in [3.05, 3.63) is 76.6 Å². The zero-order valence-electron chi connectivity index (χ0n) is 19.2. The number of hydrogen-bond donors (Lipinski definition) is 0. The molecule has 0 fully saturated rings. The molecule has 5 aromatic rings. The first-order valence-electron chi connectivity index (χ1n) is 10.6. The van der Waals surface area contributed by atoms with Crippen LogP contribution in [-0.2, 0) is 0 Å². The minimum Gasteiger partial charge on any atom is -0.493 e. The van der Waals surface area contributed by atoms with Crippen molar-refractivity contribution in [1.29, 1.82) is 0 Å². The van der Waals surface area contributed by atoms with Crippen molar-refractivity contribution in [1.82, 2.24) is 4.98 Å². The molecule has 0 amide bonds. The molecule has 166 valence electrons. The fraction of sp³-hybridized carbons (Fsp3) is 0.185. The molecular weight excluding hydrogens is 432 g/mol. The maximum atomic E-state index is 6.36. The standard InChI is InChI=1S/C27H24N2O3S/c1-15-6-8-19-25(12-15)33-27(28-19)29-20-14-22(18-7-9-21(30-4)23(13-18)31-5)32-24-11-16(2)10-17(3)26(20)24/h6-14H,1-5H3/b29-20+. The molecule has 0 radical (unpaired) electrons. The van der Waals surface area contributed by atoms with Gasteiger partial charge in [-0.1, -0.05) is 23.5 Å². The van der Waals surface area contributed by atoms with Crippen LogP contribution in [0.25, 0.3) is 32.5 Å². The van der Waals surface area contributed by atoms with Gasteiger partial charge in [0.05, 0.1) is 29.8 Å². The molecule has 3 aromatic carbocycles. The molecule has 0 aliphatic heterocycles. The summed E-state index contributed by atoms with van der Waals surface area (Å²) in [7, 11) is 3.25. The molecule has 0 spiro atoms. The van der Waals surface area contributed by atoms with Crippen molar-refractivity contribution in [2.75, 3.05) is 14.2 Å². The molecule has 0 atom stereocenters. The van der Waals surface area contributed by atoms with E-state index >= 15 is 0 Å². The van der Waals surface area contributed by atoms with E-state index in [0.29, 0.717) is 17.3 Å². The lowest BCUT2D eigenvalue weighted by atomic mass is 10.0. The number of methoxy groups -OCH3 is 2. The summed E-state index contributed by atoms with van der Waals surface area (Å²) < 4.78 is 18.4. The molecule has 5 rings (SSSR count). The number of hydrogen-bond acceptors (Lipinski definition) is 6. The van der Waals surface area contributed by atoms with Gasteiger partial charge in [-0.15, -0.1) is 0 Å². The lowest BCUT2D eigenvalue weighted by molar-refractivity contribution is 0.355. The monoisotopic (exact) mass is 456 g/mol. The molecule has 2 aromatic heterocycles. The van der Waals surface area contributed by atoms with Gasteiger partial charge in [0.2, 0.25) is 5.13 Å². The Morgan fingerprint density at radius 3 is 2.45 bits per heavy atom. The maximum absolute atomic E-state index is 6.36. The molecule has 0 aliphatic rings. The van der Waals surface area contributed by atoms with Gasteiger partial charge in [-0.05, 0) is 73.9 Å². The first kappa shape index (κ1) is 21.2. The van der Waals surface area contributed by atoms with E-state index in [1.54, 1.807) is 25.6 Å². The normalized spacial score (nSPS) is 12.0. The zero-order valence-corrected chi connectivity index (χ0v) is 20.0. The van der Waals surface area contributed by atoms with Crippen LogP contribution in [0.15, 0.2) is 64.0 Å². The SMILES string of the molecule is COc1ccc(-c2c/c(=N\c3nc4ccc(C)cc4s3)c3c(C)cc(C)cc3o2)cc1OC. The van der Waals surface area contributed by atoms with Crippen LogP contribution in [0.4, 0.5) is 5.13 Å². The van der Waals surface area contributed by atoms with E-state index in [1.807, 2.05) is 36.4 Å². The summed E-state index contributed by atoms with van der Waals surface area (Å²) in [5.74, 6) is 2.01. The van der Waals surface area contributed by atoms with Crippen LogP contribution < -0.4 is 14.8 Å². The summed E-state index contributed by atoms with van der Waals surface area (Å²) >= 11 is 1.59. The highest BCUT2D eigenvalue weighted by molar-refractivity contribution is 7.21. The summed E-state index contributed by atoms with van der Waals surface area (Å²) in [4.78, 5) is 9.72. The molecule has 33 heavy (non-hydrogen) atoms. The molecule has 0 aliphatic carbocycles. The summed E-state index contributed by atoms with van der Waals surface area (Å²) in [6.45, 7) is 6.24. The van der Waals surface area contributed by atoms with Crippen molar-refractivity contribution in [2.24, 2.45) is 4.99 Å². The smallest absolute Gasteiger partial charge is 0.210 e. The highest BCUT2D eigenvalue weighted by atomic mass is 32.1. The van der Waals surface area contributed by atoms with Crippen LogP contribution in [0.5, 0.6) is 11.5 Å². The number of nitrogens with zero attached hydrogens (tertiary/aromatic N) is 2. The highest BCUT2D eigenvalue weighted by Gasteiger charge is 2.13. The summed E-state index contributed by atoms with van der Waals surface area (Å²) in [6.07, 6.45) is 0. The summed E-state index contributed by atoms with van der Waals surface area (Å²) in [5, 5.41) is 2.54. The van der Waals surface area contributed by atoms with Gasteiger partial charge in [0.1, 0.15) is 11.3 Å². The first-order chi connectivity index (χ1) is 15.9. The Labute approximate surface area is 196 Å². The number of aryl methyl sites for hydroxylation is 3. The Morgan fingerprint density at radius 1 is 0.848 bits per heavy atom. The highest BCUT2D eigenvalue weighted by Crippen LogP contribution is 2.34. The van der Waals surface area contributed by atoms with E-state index in [4.69, 9.17) is 23.9 Å². The fourth-order valence-corrected chi connectivity index (χ4v) is 5.02. The molecule has 0 unspecified atom stereocenters. The maximum Gasteiger partial charge on any atom is 0.210 e. The van der Waals surface area contributed by atoms with Crippen LogP contribution in [0, 0.1) is 20.8 Å². The largest absolute Gasteiger partial charge is 0.493 e. The number of aromatic nitrogens is 1. The van der Waals surface area contributed by atoms with Crippen molar-refractivity contribution in [2.45, 2.75) is 20.8 Å². The third kappa shape index (κ3) is 3.98. The van der Waals surface area contributed by atoms with Crippen molar-refractivity contribution < 1.29 is 13.9 Å². The third-order valence-electron chi connectivity index (χ3n) is 5.60. The number of benzene rings is 3. The van der Waals surface area contributed by atoms with Crippen molar-refractivity contribution in [3.8, 4) is 22.8 Å². The van der Waals surface area contributed by atoms with Gasteiger partial charge in [-0.25, -0.2) is 9.98 Å². The second kappa shape index (κ2) is 8.37. The summed E-state index contributed by atoms with van der Waals surface area (Å²) in [5.41, 5.74) is 6.09.